The zero-order chi connectivity index (χ0) is 12.5. The minimum atomic E-state index is 0.00981. The number of aryl methyl sites for hydroxylation is 1. The van der Waals surface area contributed by atoms with Gasteiger partial charge in [-0.15, -0.1) is 0 Å². The molecule has 0 aliphatic carbocycles. The van der Waals surface area contributed by atoms with Crippen molar-refractivity contribution in [2.24, 2.45) is 15.0 Å². The zero-order valence-corrected chi connectivity index (χ0v) is 11.9. The van der Waals surface area contributed by atoms with Crippen LogP contribution in [0.15, 0.2) is 38.4 Å². The third-order valence-electron chi connectivity index (χ3n) is 2.96. The number of fused-ring (bicyclic) bond motifs is 1. The van der Waals surface area contributed by atoms with Crippen molar-refractivity contribution in [2.45, 2.75) is 13.0 Å². The molecule has 5 nitrogen and oxygen atoms in total. The first-order chi connectivity index (χ1) is 8.75. The van der Waals surface area contributed by atoms with E-state index >= 15 is 0 Å². The van der Waals surface area contributed by atoms with Crippen LogP contribution in [-0.4, -0.2) is 24.3 Å². The second-order valence-electron chi connectivity index (χ2n) is 4.18. The normalized spacial score (nSPS) is 14.1. The Bertz CT molecular complexity index is 654. The molecule has 18 heavy (non-hydrogen) atoms. The van der Waals surface area contributed by atoms with E-state index in [4.69, 9.17) is 0 Å². The van der Waals surface area contributed by atoms with Gasteiger partial charge in [-0.3, -0.25) is 0 Å². The van der Waals surface area contributed by atoms with E-state index in [1.807, 2.05) is 42.2 Å². The molecule has 0 radical (unpaired) electrons. The number of anilines is 1. The van der Waals surface area contributed by atoms with Crippen molar-refractivity contribution in [2.75, 3.05) is 5.32 Å². The van der Waals surface area contributed by atoms with Gasteiger partial charge in [0.1, 0.15) is 0 Å². The molecule has 1 atom stereocenters. The Hall–Kier alpha value is -1.65. The van der Waals surface area contributed by atoms with Gasteiger partial charge in [-0.2, -0.15) is 0 Å². The molecular formula is C12H13N5Se. The van der Waals surface area contributed by atoms with Gasteiger partial charge in [0.15, 0.2) is 0 Å². The number of nitrogens with zero attached hydrogens (tertiary/aromatic N) is 4. The Labute approximate surface area is 111 Å². The molecule has 1 N–H and O–H groups in total. The van der Waals surface area contributed by atoms with E-state index in [0.29, 0.717) is 0 Å². The van der Waals surface area contributed by atoms with Crippen LogP contribution in [0.3, 0.4) is 0 Å². The Balaban J connectivity index is 1.88. The third-order valence-corrected chi connectivity index (χ3v) is 4.10. The fourth-order valence-electron chi connectivity index (χ4n) is 2.04. The number of hydrogen-bond donors (Lipinski definition) is 1. The predicted molar refractivity (Wildman–Crippen MR) is 71.6 cm³/mol. The Morgan fingerprint density at radius 2 is 2.17 bits per heavy atom. The molecular weight excluding hydrogens is 293 g/mol. The van der Waals surface area contributed by atoms with Crippen LogP contribution in [0, 0.1) is 0 Å². The molecule has 0 saturated carbocycles. The number of benzene rings is 1. The Morgan fingerprint density at radius 1 is 1.28 bits per heavy atom. The summed E-state index contributed by atoms with van der Waals surface area (Å²) in [7, 11) is 1.95. The summed E-state index contributed by atoms with van der Waals surface area (Å²) in [5, 5.41) is 7.67. The molecule has 0 spiro atoms. The summed E-state index contributed by atoms with van der Waals surface area (Å²) in [5.41, 5.74) is 4.18. The fourth-order valence-corrected chi connectivity index (χ4v) is 3.19. The molecule has 1 aliphatic rings. The van der Waals surface area contributed by atoms with E-state index in [0.717, 1.165) is 22.8 Å². The molecule has 0 amide bonds. The Kier molecular flexibility index (Phi) is 2.89. The van der Waals surface area contributed by atoms with E-state index < -0.39 is 0 Å². The van der Waals surface area contributed by atoms with Gasteiger partial charge in [0.25, 0.3) is 0 Å². The average molecular weight is 306 g/mol. The zero-order valence-electron chi connectivity index (χ0n) is 10.2. The molecule has 92 valence electrons. The first-order valence-corrected chi connectivity index (χ1v) is 7.24. The van der Waals surface area contributed by atoms with Gasteiger partial charge in [-0.05, 0) is 0 Å². The van der Waals surface area contributed by atoms with Gasteiger partial charge in [0.05, 0.1) is 0 Å². The van der Waals surface area contributed by atoms with Gasteiger partial charge in [0.2, 0.25) is 0 Å². The molecule has 0 saturated heterocycles. The van der Waals surface area contributed by atoms with Crippen LogP contribution in [0.25, 0.3) is 0 Å². The molecule has 1 aromatic heterocycles. The van der Waals surface area contributed by atoms with Crippen molar-refractivity contribution >= 4 is 31.6 Å². The molecule has 1 aromatic carbocycles. The second-order valence-corrected chi connectivity index (χ2v) is 5.29. The first kappa shape index (κ1) is 11.4. The maximum absolute atomic E-state index is 4.47. The fraction of sp³-hybridized carbons (Fsp3) is 0.250. The molecule has 2 heterocycles. The van der Waals surface area contributed by atoms with Crippen LogP contribution in [0.1, 0.15) is 18.7 Å². The number of hydrogen-bond acceptors (Lipinski definition) is 4. The number of aromatic nitrogens is 2. The van der Waals surface area contributed by atoms with Gasteiger partial charge in [0, 0.05) is 0 Å². The van der Waals surface area contributed by atoms with Crippen molar-refractivity contribution in [3.05, 3.63) is 36.2 Å². The summed E-state index contributed by atoms with van der Waals surface area (Å²) >= 11 is 0.00981. The van der Waals surface area contributed by atoms with Crippen LogP contribution >= 0.6 is 0 Å². The van der Waals surface area contributed by atoms with Gasteiger partial charge in [-0.25, -0.2) is 0 Å². The van der Waals surface area contributed by atoms with Crippen LogP contribution in [0.4, 0.5) is 17.1 Å². The van der Waals surface area contributed by atoms with Crippen LogP contribution in [0.2, 0.25) is 0 Å². The van der Waals surface area contributed by atoms with Crippen LogP contribution in [-0.2, 0) is 7.05 Å². The van der Waals surface area contributed by atoms with Crippen molar-refractivity contribution in [1.29, 1.82) is 0 Å². The van der Waals surface area contributed by atoms with Crippen molar-refractivity contribution in [3.8, 4) is 0 Å². The SMILES string of the molecule is CC(Nc1cccc2c1N=[Se]=N2)c1ccnn1C. The topological polar surface area (TPSA) is 54.6 Å². The van der Waals surface area contributed by atoms with Gasteiger partial charge in [-0.1, -0.05) is 0 Å². The van der Waals surface area contributed by atoms with Gasteiger partial charge >= 0.3 is 111 Å². The van der Waals surface area contributed by atoms with E-state index in [1.54, 1.807) is 0 Å². The Morgan fingerprint density at radius 3 is 2.94 bits per heavy atom. The van der Waals surface area contributed by atoms with E-state index in [1.165, 1.54) is 0 Å². The van der Waals surface area contributed by atoms with E-state index in [9.17, 15) is 0 Å². The molecule has 0 bridgehead atoms. The van der Waals surface area contributed by atoms with Gasteiger partial charge < -0.3 is 0 Å². The minimum absolute atomic E-state index is 0.00981. The molecule has 2 aromatic rings. The summed E-state index contributed by atoms with van der Waals surface area (Å²) in [6.07, 6.45) is 1.81. The van der Waals surface area contributed by atoms with Crippen molar-refractivity contribution < 1.29 is 0 Å². The maximum atomic E-state index is 4.47. The van der Waals surface area contributed by atoms with Crippen LogP contribution in [0.5, 0.6) is 0 Å². The summed E-state index contributed by atoms with van der Waals surface area (Å²) in [4.78, 5) is 0. The monoisotopic (exact) mass is 307 g/mol. The van der Waals surface area contributed by atoms with E-state index in [-0.39, 0.29) is 20.6 Å². The summed E-state index contributed by atoms with van der Waals surface area (Å²) in [6.45, 7) is 2.12. The number of rotatable bonds is 3. The second kappa shape index (κ2) is 4.55. The average Bonchev–Trinajstić information content (AvgIpc) is 2.97. The summed E-state index contributed by atoms with van der Waals surface area (Å²) in [6, 6.07) is 8.27. The molecule has 1 aliphatic heterocycles. The molecule has 6 heteroatoms. The first-order valence-electron chi connectivity index (χ1n) is 5.71. The third kappa shape index (κ3) is 1.94. The van der Waals surface area contributed by atoms with Crippen molar-refractivity contribution in [1.82, 2.24) is 9.78 Å². The standard InChI is InChI=1S/C12H13N5Se/c1-8(11-6-7-13-17(11)2)14-9-4-3-5-10-12(9)16-18-15-10/h3-8,14H,1-2H3. The quantitative estimate of drug-likeness (QED) is 0.756. The summed E-state index contributed by atoms with van der Waals surface area (Å²) in [5.74, 6) is 0. The van der Waals surface area contributed by atoms with Crippen LogP contribution < -0.4 is 5.32 Å². The number of nitrogens with one attached hydrogen (secondary N) is 1. The summed E-state index contributed by atoms with van der Waals surface area (Å²) < 4.78 is 10.7. The van der Waals surface area contributed by atoms with E-state index in [2.05, 4.69) is 25.3 Å². The molecule has 1 unspecified atom stereocenters. The molecule has 3 rings (SSSR count). The molecule has 0 fully saturated rings. The van der Waals surface area contributed by atoms with Crippen molar-refractivity contribution in [3.63, 3.8) is 0 Å². The predicted octanol–water partition coefficient (Wildman–Crippen LogP) is 2.94.